The van der Waals surface area contributed by atoms with E-state index in [1.807, 2.05) is 0 Å². The minimum Gasteiger partial charge on any atom is -0.462 e. The second-order valence-electron chi connectivity index (χ2n) is 14.6. The zero-order valence-electron chi connectivity index (χ0n) is 31.9. The van der Waals surface area contributed by atoms with Crippen molar-refractivity contribution < 1.29 is 28.6 Å². The number of carbonyl (C=O) groups excluding carboxylic acids is 3. The summed E-state index contributed by atoms with van der Waals surface area (Å²) < 4.78 is 16.6. The summed E-state index contributed by atoms with van der Waals surface area (Å²) in [4.78, 5) is 37.4. The number of hydrogen-bond donors (Lipinski definition) is 0. The largest absolute Gasteiger partial charge is 0.462 e. The predicted octanol–water partition coefficient (Wildman–Crippen LogP) is 12.2. The lowest BCUT2D eigenvalue weighted by atomic mass is 10.00. The van der Waals surface area contributed by atoms with Gasteiger partial charge in [-0.3, -0.25) is 14.4 Å². The highest BCUT2D eigenvalue weighted by Crippen LogP contribution is 2.16. The first-order valence-corrected chi connectivity index (χ1v) is 20.3. The fraction of sp³-hybridized carbons (Fsp3) is 0.927. The quantitative estimate of drug-likeness (QED) is 0.0380. The molecule has 0 aliphatic carbocycles. The number of carbonyl (C=O) groups is 3. The Bertz CT molecular complexity index is 721. The lowest BCUT2D eigenvalue weighted by Crippen LogP contribution is -2.30. The molecule has 0 rings (SSSR count). The SMILES string of the molecule is CCCCCCCCCCCCC(=O)OC[C@@H](COC(=O)CCCCCCCCC(C)C)OC(=O)CCCCCCCCC(C)CC. The highest BCUT2D eigenvalue weighted by Gasteiger charge is 2.19. The van der Waals surface area contributed by atoms with E-state index in [4.69, 9.17) is 14.2 Å². The lowest BCUT2D eigenvalue weighted by molar-refractivity contribution is -0.167. The molecule has 0 spiro atoms. The molecule has 0 aromatic heterocycles. The fourth-order valence-electron chi connectivity index (χ4n) is 5.84. The average Bonchev–Trinajstić information content (AvgIpc) is 3.05. The van der Waals surface area contributed by atoms with E-state index in [1.165, 1.54) is 103 Å². The van der Waals surface area contributed by atoms with Gasteiger partial charge in [-0.1, -0.05) is 176 Å². The molecule has 1 unspecified atom stereocenters. The van der Waals surface area contributed by atoms with Gasteiger partial charge in [0.05, 0.1) is 0 Å². The third-order valence-electron chi connectivity index (χ3n) is 9.33. The van der Waals surface area contributed by atoms with Crippen molar-refractivity contribution in [2.45, 2.75) is 221 Å². The van der Waals surface area contributed by atoms with Crippen molar-refractivity contribution in [1.29, 1.82) is 0 Å². The van der Waals surface area contributed by atoms with E-state index in [0.717, 1.165) is 69.6 Å². The molecule has 0 fully saturated rings. The Morgan fingerprint density at radius 2 is 0.809 bits per heavy atom. The van der Waals surface area contributed by atoms with Gasteiger partial charge in [-0.15, -0.1) is 0 Å². The number of esters is 3. The molecule has 0 N–H and O–H groups in total. The Morgan fingerprint density at radius 1 is 0.447 bits per heavy atom. The van der Waals surface area contributed by atoms with Crippen LogP contribution in [0.1, 0.15) is 214 Å². The summed E-state index contributed by atoms with van der Waals surface area (Å²) in [6.45, 7) is 11.2. The average molecular weight is 667 g/mol. The number of unbranched alkanes of at least 4 members (excludes halogenated alkanes) is 19. The Hall–Kier alpha value is -1.59. The van der Waals surface area contributed by atoms with Crippen molar-refractivity contribution >= 4 is 17.9 Å². The van der Waals surface area contributed by atoms with Gasteiger partial charge < -0.3 is 14.2 Å². The summed E-state index contributed by atoms with van der Waals surface area (Å²) in [6, 6.07) is 0. The third kappa shape index (κ3) is 34.1. The summed E-state index contributed by atoms with van der Waals surface area (Å²) in [7, 11) is 0. The van der Waals surface area contributed by atoms with E-state index < -0.39 is 6.10 Å². The molecule has 0 aliphatic rings. The molecule has 0 aromatic rings. The number of ether oxygens (including phenoxy) is 3. The van der Waals surface area contributed by atoms with Gasteiger partial charge in [0.25, 0.3) is 0 Å². The summed E-state index contributed by atoms with van der Waals surface area (Å²) in [5, 5.41) is 0. The van der Waals surface area contributed by atoms with Crippen molar-refractivity contribution in [3.8, 4) is 0 Å². The molecule has 0 saturated heterocycles. The molecule has 0 amide bonds. The Balaban J connectivity index is 4.38. The Morgan fingerprint density at radius 3 is 1.21 bits per heavy atom. The summed E-state index contributed by atoms with van der Waals surface area (Å²) >= 11 is 0. The maximum Gasteiger partial charge on any atom is 0.306 e. The van der Waals surface area contributed by atoms with E-state index in [0.29, 0.717) is 19.3 Å². The van der Waals surface area contributed by atoms with Gasteiger partial charge in [0, 0.05) is 19.3 Å². The van der Waals surface area contributed by atoms with Crippen LogP contribution in [0.5, 0.6) is 0 Å². The van der Waals surface area contributed by atoms with Gasteiger partial charge in [-0.25, -0.2) is 0 Å². The molecule has 278 valence electrons. The lowest BCUT2D eigenvalue weighted by Gasteiger charge is -2.18. The highest BCUT2D eigenvalue weighted by molar-refractivity contribution is 5.71. The van der Waals surface area contributed by atoms with E-state index in [-0.39, 0.29) is 31.1 Å². The van der Waals surface area contributed by atoms with E-state index in [2.05, 4.69) is 34.6 Å². The molecule has 0 aromatic carbocycles. The molecule has 0 saturated carbocycles. The summed E-state index contributed by atoms with van der Waals surface area (Å²) in [5.74, 6) is 0.700. The van der Waals surface area contributed by atoms with Crippen LogP contribution in [0.15, 0.2) is 0 Å². The van der Waals surface area contributed by atoms with Crippen LogP contribution in [0, 0.1) is 11.8 Å². The molecule has 0 aliphatic heterocycles. The number of hydrogen-bond acceptors (Lipinski definition) is 6. The van der Waals surface area contributed by atoms with Gasteiger partial charge in [-0.05, 0) is 31.1 Å². The zero-order valence-corrected chi connectivity index (χ0v) is 31.9. The first-order valence-electron chi connectivity index (χ1n) is 20.3. The second-order valence-corrected chi connectivity index (χ2v) is 14.6. The number of rotatable bonds is 35. The van der Waals surface area contributed by atoms with E-state index in [1.54, 1.807) is 0 Å². The van der Waals surface area contributed by atoms with Crippen molar-refractivity contribution in [1.82, 2.24) is 0 Å². The van der Waals surface area contributed by atoms with Crippen LogP contribution in [0.25, 0.3) is 0 Å². The van der Waals surface area contributed by atoms with Crippen molar-refractivity contribution in [2.75, 3.05) is 13.2 Å². The molecule has 0 bridgehead atoms. The maximum atomic E-state index is 12.6. The minimum absolute atomic E-state index is 0.0673. The highest BCUT2D eigenvalue weighted by atomic mass is 16.6. The zero-order chi connectivity index (χ0) is 34.8. The maximum absolute atomic E-state index is 12.6. The summed E-state index contributed by atoms with van der Waals surface area (Å²) in [5.41, 5.74) is 0. The second kappa shape index (κ2) is 34.3. The standard InChI is InChI=1S/C41H78O6/c1-6-8-9-10-11-12-13-14-21-26-31-39(42)45-34-38(35-46-40(43)32-27-22-17-15-19-24-29-36(3)4)47-41(44)33-28-23-18-16-20-25-30-37(5)7-2/h36-38H,6-35H2,1-5H3/t37?,38-/m0/s1. The Kier molecular flexibility index (Phi) is 33.1. The van der Waals surface area contributed by atoms with Crippen molar-refractivity contribution in [3.63, 3.8) is 0 Å². The molecular weight excluding hydrogens is 588 g/mol. The molecule has 6 nitrogen and oxygen atoms in total. The minimum atomic E-state index is -0.760. The van der Waals surface area contributed by atoms with Gasteiger partial charge in [0.2, 0.25) is 0 Å². The van der Waals surface area contributed by atoms with Crippen LogP contribution in [0.3, 0.4) is 0 Å². The monoisotopic (exact) mass is 667 g/mol. The van der Waals surface area contributed by atoms with E-state index >= 15 is 0 Å². The molecule has 6 heteroatoms. The van der Waals surface area contributed by atoms with Crippen LogP contribution in [0.2, 0.25) is 0 Å². The van der Waals surface area contributed by atoms with Crippen LogP contribution in [0.4, 0.5) is 0 Å². The van der Waals surface area contributed by atoms with Crippen molar-refractivity contribution in [2.24, 2.45) is 11.8 Å². The third-order valence-corrected chi connectivity index (χ3v) is 9.33. The Labute approximate surface area is 291 Å². The first-order chi connectivity index (χ1) is 22.8. The molecule has 47 heavy (non-hydrogen) atoms. The summed E-state index contributed by atoms with van der Waals surface area (Å²) in [6.07, 6.45) is 29.6. The first kappa shape index (κ1) is 45.4. The van der Waals surface area contributed by atoms with Gasteiger partial charge in [0.1, 0.15) is 13.2 Å². The van der Waals surface area contributed by atoms with Crippen LogP contribution in [-0.2, 0) is 28.6 Å². The van der Waals surface area contributed by atoms with Gasteiger partial charge in [-0.2, -0.15) is 0 Å². The van der Waals surface area contributed by atoms with Crippen LogP contribution in [-0.4, -0.2) is 37.2 Å². The predicted molar refractivity (Wildman–Crippen MR) is 196 cm³/mol. The molecular formula is C41H78O6. The van der Waals surface area contributed by atoms with Gasteiger partial charge >= 0.3 is 17.9 Å². The topological polar surface area (TPSA) is 78.9 Å². The normalized spacial score (nSPS) is 12.6. The molecule has 2 atom stereocenters. The molecule has 0 radical (unpaired) electrons. The van der Waals surface area contributed by atoms with E-state index in [9.17, 15) is 14.4 Å². The van der Waals surface area contributed by atoms with Crippen molar-refractivity contribution in [3.05, 3.63) is 0 Å². The van der Waals surface area contributed by atoms with Crippen LogP contribution >= 0.6 is 0 Å². The van der Waals surface area contributed by atoms with Gasteiger partial charge in [0.15, 0.2) is 6.10 Å². The molecule has 0 heterocycles. The van der Waals surface area contributed by atoms with Crippen LogP contribution < -0.4 is 0 Å². The smallest absolute Gasteiger partial charge is 0.306 e. The fourth-order valence-corrected chi connectivity index (χ4v) is 5.84.